The van der Waals surface area contributed by atoms with Gasteiger partial charge in [0.15, 0.2) is 0 Å². The number of amides is 3. The summed E-state index contributed by atoms with van der Waals surface area (Å²) in [5.41, 5.74) is 2.74. The summed E-state index contributed by atoms with van der Waals surface area (Å²) in [5.74, 6) is -3.31. The van der Waals surface area contributed by atoms with Crippen LogP contribution in [0.25, 0.3) is 10.9 Å². The molecule has 1 aromatic heterocycles. The lowest BCUT2D eigenvalue weighted by Gasteiger charge is -2.48. The zero-order chi connectivity index (χ0) is 29.7. The van der Waals surface area contributed by atoms with Crippen LogP contribution >= 0.6 is 0 Å². The van der Waals surface area contributed by atoms with Crippen molar-refractivity contribution in [2.75, 3.05) is 20.1 Å². The molecule has 7 atom stereocenters. The molecule has 4 aliphatic heterocycles. The van der Waals surface area contributed by atoms with Crippen molar-refractivity contribution >= 4 is 28.6 Å². The normalized spacial score (nSPS) is 35.2. The molecule has 0 unspecified atom stereocenters. The van der Waals surface area contributed by atoms with Crippen LogP contribution < -0.4 is 5.32 Å². The molecule has 43 heavy (non-hydrogen) atoms. The Morgan fingerprint density at radius 3 is 2.79 bits per heavy atom. The molecule has 10 heteroatoms. The van der Waals surface area contributed by atoms with Gasteiger partial charge in [-0.2, -0.15) is 0 Å². The first-order valence-electron chi connectivity index (χ1n) is 15.4. The fraction of sp³-hybridized carbons (Fsp3) is 0.485. The van der Waals surface area contributed by atoms with Crippen LogP contribution in [0.5, 0.6) is 0 Å². The van der Waals surface area contributed by atoms with Crippen molar-refractivity contribution in [2.45, 2.75) is 74.7 Å². The number of piperazine rings is 1. The standard InChI is InChI=1S/C33H37N5O5/c1-32(35-29(39)21-15-23-22-10-6-11-24-28(22)20(17-34-24)16-25(23)36(2)18-21)31(41)38-26(14-19-8-4-3-5-9-19)30(40)37-13-7-12-27(37)33(38,42)43-32/h3-6,8-11,17,21,23,25-27,34,42H,7,12-16,18H2,1-2H3,(H,35,39)/t21-,23+,25+,26+,27-,32-,33-/m1/s1. The van der Waals surface area contributed by atoms with Gasteiger partial charge in [-0.1, -0.05) is 42.5 Å². The number of nitrogens with zero attached hydrogens (tertiary/aromatic N) is 3. The number of aliphatic hydroxyl groups is 1. The average molecular weight is 584 g/mol. The van der Waals surface area contributed by atoms with Crippen molar-refractivity contribution in [1.82, 2.24) is 25.0 Å². The molecule has 3 N–H and O–H groups in total. The van der Waals surface area contributed by atoms with Gasteiger partial charge in [-0.25, -0.2) is 0 Å². The third-order valence-electron chi connectivity index (χ3n) is 10.6. The van der Waals surface area contributed by atoms with Crippen molar-refractivity contribution in [1.29, 1.82) is 0 Å². The van der Waals surface area contributed by atoms with Gasteiger partial charge >= 0.3 is 0 Å². The van der Waals surface area contributed by atoms with E-state index in [1.807, 2.05) is 30.3 Å². The van der Waals surface area contributed by atoms with Gasteiger partial charge in [-0.3, -0.25) is 24.0 Å². The molecule has 10 nitrogen and oxygen atoms in total. The van der Waals surface area contributed by atoms with Crippen LogP contribution in [0.2, 0.25) is 0 Å². The molecule has 2 aromatic carbocycles. The molecule has 0 saturated carbocycles. The van der Waals surface area contributed by atoms with Crippen molar-refractivity contribution in [3.63, 3.8) is 0 Å². The summed E-state index contributed by atoms with van der Waals surface area (Å²) in [6.45, 7) is 2.56. The van der Waals surface area contributed by atoms with Crippen molar-refractivity contribution in [3.8, 4) is 0 Å². The van der Waals surface area contributed by atoms with Crippen LogP contribution in [-0.2, 0) is 32.0 Å². The predicted octanol–water partition coefficient (Wildman–Crippen LogP) is 2.08. The number of likely N-dealkylation sites (tertiary alicyclic amines) is 1. The van der Waals surface area contributed by atoms with E-state index in [0.717, 1.165) is 17.5 Å². The zero-order valence-corrected chi connectivity index (χ0v) is 24.5. The highest BCUT2D eigenvalue weighted by atomic mass is 16.7. The molecular weight excluding hydrogens is 546 g/mol. The first-order chi connectivity index (χ1) is 20.7. The number of aromatic nitrogens is 1. The number of hydrogen-bond acceptors (Lipinski definition) is 6. The van der Waals surface area contributed by atoms with E-state index in [0.29, 0.717) is 32.4 Å². The molecular formula is C33H37N5O5. The SMILES string of the molecule is CN1C[C@H](C(=O)N[C@]2(C)O[C@]3(O)[C@H]4CCCN4C(=O)[C@H](Cc4ccccc4)N3C2=O)C[C@H]2c3cccc4[nH]cc(c34)C[C@@H]21. The number of carbonyl (C=O) groups is 3. The second kappa shape index (κ2) is 9.38. The van der Waals surface area contributed by atoms with E-state index in [4.69, 9.17) is 4.74 Å². The summed E-state index contributed by atoms with van der Waals surface area (Å²) in [6, 6.07) is 14.4. The second-order valence-corrected chi connectivity index (χ2v) is 13.2. The van der Waals surface area contributed by atoms with Gasteiger partial charge in [0.2, 0.25) is 17.5 Å². The van der Waals surface area contributed by atoms with E-state index >= 15 is 0 Å². The Morgan fingerprint density at radius 2 is 1.98 bits per heavy atom. The number of hydrogen-bond donors (Lipinski definition) is 3. The molecule has 0 spiro atoms. The fourth-order valence-corrected chi connectivity index (χ4v) is 8.65. The minimum atomic E-state index is -2.03. The average Bonchev–Trinajstić information content (AvgIpc) is 3.70. The molecule has 8 rings (SSSR count). The Labute approximate surface area is 250 Å². The molecule has 4 saturated heterocycles. The molecule has 1 aliphatic carbocycles. The first kappa shape index (κ1) is 26.9. The van der Waals surface area contributed by atoms with E-state index in [2.05, 4.69) is 46.6 Å². The lowest BCUT2D eigenvalue weighted by atomic mass is 9.72. The maximum atomic E-state index is 14.2. The molecule has 3 aromatic rings. The summed E-state index contributed by atoms with van der Waals surface area (Å²) in [5, 5.41) is 16.2. The first-order valence-corrected chi connectivity index (χ1v) is 15.4. The van der Waals surface area contributed by atoms with Gasteiger partial charge in [0.1, 0.15) is 12.1 Å². The molecule has 4 fully saturated rings. The van der Waals surface area contributed by atoms with Crippen LogP contribution in [0.1, 0.15) is 48.8 Å². The number of ether oxygens (including phenoxy) is 1. The minimum absolute atomic E-state index is 0.171. The van der Waals surface area contributed by atoms with E-state index in [1.54, 1.807) is 4.90 Å². The van der Waals surface area contributed by atoms with Gasteiger partial charge in [0.25, 0.3) is 11.8 Å². The van der Waals surface area contributed by atoms with Gasteiger partial charge in [-0.05, 0) is 62.4 Å². The zero-order valence-electron chi connectivity index (χ0n) is 24.5. The largest absolute Gasteiger partial charge is 0.361 e. The number of carbonyl (C=O) groups excluding carboxylic acids is 3. The van der Waals surface area contributed by atoms with Gasteiger partial charge in [0, 0.05) is 48.6 Å². The number of nitrogens with one attached hydrogen (secondary N) is 2. The Kier molecular flexibility index (Phi) is 5.86. The molecule has 0 bridgehead atoms. The lowest BCUT2D eigenvalue weighted by molar-refractivity contribution is -0.315. The van der Waals surface area contributed by atoms with Gasteiger partial charge in [-0.15, -0.1) is 0 Å². The number of fused-ring (bicyclic) bond motifs is 5. The Hall–Kier alpha value is -3.73. The van der Waals surface area contributed by atoms with E-state index in [9.17, 15) is 19.5 Å². The summed E-state index contributed by atoms with van der Waals surface area (Å²) >= 11 is 0. The number of likely N-dealkylation sites (N-methyl/N-ethyl adjacent to an activating group) is 1. The van der Waals surface area contributed by atoms with Crippen LogP contribution in [0.4, 0.5) is 0 Å². The third-order valence-corrected chi connectivity index (χ3v) is 10.6. The van der Waals surface area contributed by atoms with Crippen LogP contribution in [-0.4, -0.2) is 92.4 Å². The monoisotopic (exact) mass is 583 g/mol. The van der Waals surface area contributed by atoms with Gasteiger partial charge < -0.3 is 25.2 Å². The van der Waals surface area contributed by atoms with Crippen LogP contribution in [0, 0.1) is 5.92 Å². The Balaban J connectivity index is 1.08. The Morgan fingerprint density at radius 1 is 1.16 bits per heavy atom. The maximum absolute atomic E-state index is 14.2. The third kappa shape index (κ3) is 3.86. The van der Waals surface area contributed by atoms with Crippen LogP contribution in [0.15, 0.2) is 54.7 Å². The summed E-state index contributed by atoms with van der Waals surface area (Å²) in [7, 11) is 2.06. The highest BCUT2D eigenvalue weighted by Gasteiger charge is 2.70. The molecule has 5 aliphatic rings. The summed E-state index contributed by atoms with van der Waals surface area (Å²) < 4.78 is 6.25. The molecule has 5 heterocycles. The maximum Gasteiger partial charge on any atom is 0.280 e. The molecule has 224 valence electrons. The lowest BCUT2D eigenvalue weighted by Crippen LogP contribution is -2.71. The number of aromatic amines is 1. The Bertz CT molecular complexity index is 1640. The summed E-state index contributed by atoms with van der Waals surface area (Å²) in [6.07, 6.45) is 5.13. The van der Waals surface area contributed by atoms with E-state index < -0.39 is 29.6 Å². The number of piperidine rings is 1. The predicted molar refractivity (Wildman–Crippen MR) is 157 cm³/mol. The topological polar surface area (TPSA) is 118 Å². The molecule has 0 radical (unpaired) electrons. The van der Waals surface area contributed by atoms with E-state index in [1.165, 1.54) is 28.3 Å². The summed E-state index contributed by atoms with van der Waals surface area (Å²) in [4.78, 5) is 50.4. The fourth-order valence-electron chi connectivity index (χ4n) is 8.65. The highest BCUT2D eigenvalue weighted by Crippen LogP contribution is 2.47. The van der Waals surface area contributed by atoms with Crippen molar-refractivity contribution < 1.29 is 24.2 Å². The van der Waals surface area contributed by atoms with Crippen molar-refractivity contribution in [2.24, 2.45) is 5.92 Å². The van der Waals surface area contributed by atoms with Crippen LogP contribution in [0.3, 0.4) is 0 Å². The number of H-pyrrole nitrogens is 1. The quantitative estimate of drug-likeness (QED) is 0.433. The van der Waals surface area contributed by atoms with E-state index in [-0.39, 0.29) is 36.1 Å². The highest BCUT2D eigenvalue weighted by molar-refractivity contribution is 5.97. The van der Waals surface area contributed by atoms with Gasteiger partial charge in [0.05, 0.1) is 5.92 Å². The number of benzene rings is 2. The molecule has 3 amide bonds. The second-order valence-electron chi connectivity index (χ2n) is 13.2. The smallest absolute Gasteiger partial charge is 0.280 e. The minimum Gasteiger partial charge on any atom is -0.361 e. The van der Waals surface area contributed by atoms with Crippen molar-refractivity contribution in [3.05, 3.63) is 71.4 Å². The number of rotatable bonds is 4.